The van der Waals surface area contributed by atoms with Crippen LogP contribution in [0.15, 0.2) is 53.7 Å². The number of ether oxygens (including phenoxy) is 1. The molecule has 0 spiro atoms. The van der Waals surface area contributed by atoms with Gasteiger partial charge in [0.15, 0.2) is 9.84 Å². The molecule has 0 fully saturated rings. The topological polar surface area (TPSA) is 56.3 Å². The predicted octanol–water partition coefficient (Wildman–Crippen LogP) is 2.06. The van der Waals surface area contributed by atoms with Gasteiger partial charge in [-0.05, 0) is 5.56 Å². The lowest BCUT2D eigenvalue weighted by molar-refractivity contribution is 0.411. The number of aromatic nitrogens is 1. The van der Waals surface area contributed by atoms with Crippen molar-refractivity contribution in [3.05, 3.63) is 54.4 Å². The maximum absolute atomic E-state index is 12.2. The first-order chi connectivity index (χ1) is 8.62. The minimum atomic E-state index is -3.39. The highest BCUT2D eigenvalue weighted by Gasteiger charge is 2.16. The highest BCUT2D eigenvalue weighted by atomic mass is 32.2. The summed E-state index contributed by atoms with van der Waals surface area (Å²) < 4.78 is 29.3. The fourth-order valence-corrected chi connectivity index (χ4v) is 2.87. The van der Waals surface area contributed by atoms with Gasteiger partial charge in [0.2, 0.25) is 0 Å². The molecule has 1 heterocycles. The van der Waals surface area contributed by atoms with E-state index in [9.17, 15) is 8.42 Å². The smallest absolute Gasteiger partial charge is 0.184 e. The van der Waals surface area contributed by atoms with E-state index in [4.69, 9.17) is 4.74 Å². The molecule has 0 saturated carbocycles. The standard InChI is InChI=1S/C13H13NO3S/c1-17-12-7-13(9-14-8-12)18(15,16)10-11-5-3-2-4-6-11/h2-9H,10H2,1H3. The van der Waals surface area contributed by atoms with Gasteiger partial charge in [0.25, 0.3) is 0 Å². The molecule has 1 aromatic heterocycles. The van der Waals surface area contributed by atoms with Gasteiger partial charge in [-0.3, -0.25) is 4.98 Å². The molecular weight excluding hydrogens is 250 g/mol. The van der Waals surface area contributed by atoms with Crippen molar-refractivity contribution in [2.75, 3.05) is 7.11 Å². The van der Waals surface area contributed by atoms with E-state index < -0.39 is 9.84 Å². The Morgan fingerprint density at radius 1 is 1.17 bits per heavy atom. The van der Waals surface area contributed by atoms with Gasteiger partial charge in [0, 0.05) is 12.3 Å². The molecule has 2 rings (SSSR count). The van der Waals surface area contributed by atoms with Gasteiger partial charge < -0.3 is 4.74 Å². The molecule has 4 nitrogen and oxygen atoms in total. The first-order valence-corrected chi connectivity index (χ1v) is 7.03. The summed E-state index contributed by atoms with van der Waals surface area (Å²) in [6, 6.07) is 10.5. The number of methoxy groups -OCH3 is 1. The zero-order valence-corrected chi connectivity index (χ0v) is 10.7. The van der Waals surface area contributed by atoms with Crippen LogP contribution in [0.2, 0.25) is 0 Å². The Bertz CT molecular complexity index is 624. The summed E-state index contributed by atoms with van der Waals surface area (Å²) in [6.07, 6.45) is 2.81. The lowest BCUT2D eigenvalue weighted by Gasteiger charge is -2.05. The van der Waals surface area contributed by atoms with Crippen molar-refractivity contribution in [2.45, 2.75) is 10.6 Å². The summed E-state index contributed by atoms with van der Waals surface area (Å²) in [4.78, 5) is 4.03. The van der Waals surface area contributed by atoms with Gasteiger partial charge in [-0.15, -0.1) is 0 Å². The van der Waals surface area contributed by atoms with Crippen molar-refractivity contribution in [1.82, 2.24) is 4.98 Å². The molecule has 0 radical (unpaired) electrons. The van der Waals surface area contributed by atoms with E-state index in [1.807, 2.05) is 18.2 Å². The van der Waals surface area contributed by atoms with E-state index in [0.717, 1.165) is 5.56 Å². The van der Waals surface area contributed by atoms with Gasteiger partial charge in [-0.1, -0.05) is 30.3 Å². The molecule has 0 aliphatic rings. The Morgan fingerprint density at radius 3 is 2.56 bits per heavy atom. The lowest BCUT2D eigenvalue weighted by atomic mass is 10.2. The Kier molecular flexibility index (Phi) is 3.62. The third-order valence-electron chi connectivity index (χ3n) is 2.48. The van der Waals surface area contributed by atoms with Crippen LogP contribution in [0.1, 0.15) is 5.56 Å². The average Bonchev–Trinajstić information content (AvgIpc) is 2.39. The Hall–Kier alpha value is -1.88. The molecule has 18 heavy (non-hydrogen) atoms. The van der Waals surface area contributed by atoms with E-state index >= 15 is 0 Å². The van der Waals surface area contributed by atoms with Gasteiger partial charge in [-0.2, -0.15) is 0 Å². The number of hydrogen-bond donors (Lipinski definition) is 0. The van der Waals surface area contributed by atoms with Gasteiger partial charge >= 0.3 is 0 Å². The molecule has 0 atom stereocenters. The predicted molar refractivity (Wildman–Crippen MR) is 68.1 cm³/mol. The molecule has 0 bridgehead atoms. The molecular formula is C13H13NO3S. The fourth-order valence-electron chi connectivity index (χ4n) is 1.56. The van der Waals surface area contributed by atoms with Crippen LogP contribution < -0.4 is 4.74 Å². The van der Waals surface area contributed by atoms with E-state index in [2.05, 4.69) is 4.98 Å². The maximum Gasteiger partial charge on any atom is 0.184 e. The Labute approximate surface area is 106 Å². The zero-order chi connectivity index (χ0) is 13.0. The quantitative estimate of drug-likeness (QED) is 0.847. The normalized spacial score (nSPS) is 11.2. The number of nitrogens with zero attached hydrogens (tertiary/aromatic N) is 1. The maximum atomic E-state index is 12.2. The summed E-state index contributed by atoms with van der Waals surface area (Å²) in [5, 5.41) is 0. The van der Waals surface area contributed by atoms with Crippen LogP contribution in [-0.2, 0) is 15.6 Å². The van der Waals surface area contributed by atoms with Crippen LogP contribution in [-0.4, -0.2) is 20.5 Å². The minimum absolute atomic E-state index is 0.0390. The SMILES string of the molecule is COc1cncc(S(=O)(=O)Cc2ccccc2)c1. The molecule has 0 aliphatic heterocycles. The molecule has 5 heteroatoms. The highest BCUT2D eigenvalue weighted by molar-refractivity contribution is 7.90. The van der Waals surface area contributed by atoms with Crippen molar-refractivity contribution in [3.63, 3.8) is 0 Å². The number of hydrogen-bond acceptors (Lipinski definition) is 4. The van der Waals surface area contributed by atoms with Crippen LogP contribution >= 0.6 is 0 Å². The Morgan fingerprint density at radius 2 is 1.89 bits per heavy atom. The third kappa shape index (κ3) is 2.87. The van der Waals surface area contributed by atoms with Gasteiger partial charge in [0.1, 0.15) is 5.75 Å². The van der Waals surface area contributed by atoms with Crippen molar-refractivity contribution < 1.29 is 13.2 Å². The van der Waals surface area contributed by atoms with Crippen LogP contribution in [0.25, 0.3) is 0 Å². The molecule has 0 unspecified atom stereocenters. The zero-order valence-electron chi connectivity index (χ0n) is 9.91. The number of sulfone groups is 1. The molecule has 0 amide bonds. The van der Waals surface area contributed by atoms with Gasteiger partial charge in [-0.25, -0.2) is 8.42 Å². The monoisotopic (exact) mass is 263 g/mol. The number of pyridine rings is 1. The van der Waals surface area contributed by atoms with Crippen LogP contribution in [0, 0.1) is 0 Å². The van der Waals surface area contributed by atoms with E-state index in [0.29, 0.717) is 5.75 Å². The van der Waals surface area contributed by atoms with E-state index in [-0.39, 0.29) is 10.6 Å². The Balaban J connectivity index is 2.31. The molecule has 94 valence electrons. The summed E-state index contributed by atoms with van der Waals surface area (Å²) >= 11 is 0. The van der Waals surface area contributed by atoms with Crippen LogP contribution in [0.4, 0.5) is 0 Å². The molecule has 0 N–H and O–H groups in total. The first kappa shape index (κ1) is 12.6. The summed E-state index contributed by atoms with van der Waals surface area (Å²) in [7, 11) is -1.91. The minimum Gasteiger partial charge on any atom is -0.495 e. The summed E-state index contributed by atoms with van der Waals surface area (Å²) in [5.74, 6) is 0.395. The highest BCUT2D eigenvalue weighted by Crippen LogP contribution is 2.19. The van der Waals surface area contributed by atoms with Crippen LogP contribution in [0.3, 0.4) is 0 Å². The largest absolute Gasteiger partial charge is 0.495 e. The van der Waals surface area contributed by atoms with Gasteiger partial charge in [0.05, 0.1) is 24.0 Å². The van der Waals surface area contributed by atoms with Crippen molar-refractivity contribution in [3.8, 4) is 5.75 Å². The first-order valence-electron chi connectivity index (χ1n) is 5.37. The van der Waals surface area contributed by atoms with Crippen LogP contribution in [0.5, 0.6) is 5.75 Å². The second-order valence-corrected chi connectivity index (χ2v) is 5.79. The van der Waals surface area contributed by atoms with Crippen molar-refractivity contribution in [1.29, 1.82) is 0 Å². The lowest BCUT2D eigenvalue weighted by Crippen LogP contribution is -2.05. The summed E-state index contributed by atoms with van der Waals surface area (Å²) in [5.41, 5.74) is 0.750. The second-order valence-electron chi connectivity index (χ2n) is 3.81. The number of benzene rings is 1. The van der Waals surface area contributed by atoms with E-state index in [1.54, 1.807) is 12.1 Å². The van der Waals surface area contributed by atoms with E-state index in [1.165, 1.54) is 25.6 Å². The third-order valence-corrected chi connectivity index (χ3v) is 4.14. The average molecular weight is 263 g/mol. The fraction of sp³-hybridized carbons (Fsp3) is 0.154. The van der Waals surface area contributed by atoms with Crippen molar-refractivity contribution in [2.24, 2.45) is 0 Å². The molecule has 0 saturated heterocycles. The second kappa shape index (κ2) is 5.18. The number of rotatable bonds is 4. The van der Waals surface area contributed by atoms with Crippen molar-refractivity contribution >= 4 is 9.84 Å². The molecule has 2 aromatic rings. The molecule has 1 aromatic carbocycles. The summed E-state index contributed by atoms with van der Waals surface area (Å²) in [6.45, 7) is 0. The molecule has 0 aliphatic carbocycles.